The van der Waals surface area contributed by atoms with E-state index in [0.717, 1.165) is 0 Å². The van der Waals surface area contributed by atoms with Crippen LogP contribution >= 0.6 is 0 Å². The highest BCUT2D eigenvalue weighted by Crippen LogP contribution is 2.29. The predicted octanol–water partition coefficient (Wildman–Crippen LogP) is 2.14. The SMILES string of the molecule is COCn1c(C(=O)O)cc2cccc(NS(=O)(=O)c3ccccn3)c21. The Morgan fingerprint density at radius 1 is 1.28 bits per heavy atom. The zero-order chi connectivity index (χ0) is 18.0. The number of pyridine rings is 1. The molecule has 0 radical (unpaired) electrons. The summed E-state index contributed by atoms with van der Waals surface area (Å²) in [6.07, 6.45) is 1.38. The summed E-state index contributed by atoms with van der Waals surface area (Å²) in [5.74, 6) is -1.13. The molecule has 0 saturated heterocycles. The van der Waals surface area contributed by atoms with E-state index >= 15 is 0 Å². The molecule has 0 saturated carbocycles. The van der Waals surface area contributed by atoms with Crippen molar-refractivity contribution in [2.75, 3.05) is 11.8 Å². The van der Waals surface area contributed by atoms with E-state index in [1.807, 2.05) is 0 Å². The Labute approximate surface area is 143 Å². The molecule has 2 heterocycles. The number of benzene rings is 1. The minimum absolute atomic E-state index is 0.00124. The molecule has 2 aromatic heterocycles. The van der Waals surface area contributed by atoms with Crippen LogP contribution in [0.4, 0.5) is 5.69 Å². The van der Waals surface area contributed by atoms with Crippen LogP contribution in [-0.4, -0.2) is 36.2 Å². The molecule has 9 heteroatoms. The van der Waals surface area contributed by atoms with Crippen molar-refractivity contribution < 1.29 is 23.1 Å². The number of aromatic carboxylic acids is 1. The third kappa shape index (κ3) is 3.19. The summed E-state index contributed by atoms with van der Waals surface area (Å²) in [6, 6.07) is 10.9. The fraction of sp³-hybridized carbons (Fsp3) is 0.125. The van der Waals surface area contributed by atoms with Crippen molar-refractivity contribution in [1.29, 1.82) is 0 Å². The molecule has 2 N–H and O–H groups in total. The maximum Gasteiger partial charge on any atom is 0.352 e. The van der Waals surface area contributed by atoms with Gasteiger partial charge in [-0.3, -0.25) is 4.72 Å². The van der Waals surface area contributed by atoms with E-state index in [9.17, 15) is 18.3 Å². The number of anilines is 1. The molecule has 0 aliphatic carbocycles. The number of carboxylic acids is 1. The molecule has 0 atom stereocenters. The average molecular weight is 361 g/mol. The van der Waals surface area contributed by atoms with Crippen LogP contribution in [0.15, 0.2) is 53.7 Å². The first-order valence-corrected chi connectivity index (χ1v) is 8.70. The number of aromatic nitrogens is 2. The Hall–Kier alpha value is -2.91. The quantitative estimate of drug-likeness (QED) is 0.696. The smallest absolute Gasteiger partial charge is 0.352 e. The second-order valence-corrected chi connectivity index (χ2v) is 6.83. The van der Waals surface area contributed by atoms with Crippen LogP contribution in [0, 0.1) is 0 Å². The van der Waals surface area contributed by atoms with E-state index in [1.54, 1.807) is 30.3 Å². The number of para-hydroxylation sites is 1. The fourth-order valence-corrected chi connectivity index (χ4v) is 3.57. The molecular weight excluding hydrogens is 346 g/mol. The lowest BCUT2D eigenvalue weighted by atomic mass is 10.2. The van der Waals surface area contributed by atoms with Gasteiger partial charge >= 0.3 is 5.97 Å². The lowest BCUT2D eigenvalue weighted by Gasteiger charge is -2.12. The van der Waals surface area contributed by atoms with E-state index in [-0.39, 0.29) is 23.1 Å². The number of nitrogens with zero attached hydrogens (tertiary/aromatic N) is 2. The van der Waals surface area contributed by atoms with E-state index in [4.69, 9.17) is 4.74 Å². The van der Waals surface area contributed by atoms with Gasteiger partial charge in [0.2, 0.25) is 0 Å². The maximum absolute atomic E-state index is 12.5. The summed E-state index contributed by atoms with van der Waals surface area (Å²) in [6.45, 7) is -0.0343. The third-order valence-corrected chi connectivity index (χ3v) is 4.84. The first kappa shape index (κ1) is 16.9. The largest absolute Gasteiger partial charge is 0.477 e. The molecule has 8 nitrogen and oxygen atoms in total. The first-order valence-electron chi connectivity index (χ1n) is 7.22. The van der Waals surface area contributed by atoms with Crippen molar-refractivity contribution in [2.45, 2.75) is 11.8 Å². The number of carboxylic acid groups (broad SMARTS) is 1. The fourth-order valence-electron chi connectivity index (χ4n) is 2.55. The molecule has 0 aliphatic rings. The van der Waals surface area contributed by atoms with Crippen molar-refractivity contribution in [3.05, 3.63) is 54.4 Å². The highest BCUT2D eigenvalue weighted by atomic mass is 32.2. The topological polar surface area (TPSA) is 111 Å². The predicted molar refractivity (Wildman–Crippen MR) is 91.0 cm³/mol. The summed E-state index contributed by atoms with van der Waals surface area (Å²) in [5.41, 5.74) is 0.662. The second kappa shape index (κ2) is 6.54. The van der Waals surface area contributed by atoms with Crippen molar-refractivity contribution >= 4 is 32.6 Å². The van der Waals surface area contributed by atoms with Gasteiger partial charge < -0.3 is 14.4 Å². The van der Waals surface area contributed by atoms with E-state index in [1.165, 1.54) is 30.0 Å². The summed E-state index contributed by atoms with van der Waals surface area (Å²) in [5, 5.41) is 9.82. The normalized spacial score (nSPS) is 11.6. The van der Waals surface area contributed by atoms with Crippen LogP contribution in [0.1, 0.15) is 10.5 Å². The zero-order valence-corrected chi connectivity index (χ0v) is 14.0. The monoisotopic (exact) mass is 361 g/mol. The maximum atomic E-state index is 12.5. The standard InChI is InChI=1S/C16H15N3O5S/c1-24-10-19-13(16(20)21)9-11-5-4-6-12(15(11)19)18-25(22,23)14-7-2-3-8-17-14/h2-9,18H,10H2,1H3,(H,20,21). The number of carbonyl (C=O) groups is 1. The van der Waals surface area contributed by atoms with Crippen molar-refractivity contribution in [1.82, 2.24) is 9.55 Å². The number of fused-ring (bicyclic) bond motifs is 1. The zero-order valence-electron chi connectivity index (χ0n) is 13.2. The van der Waals surface area contributed by atoms with E-state index in [2.05, 4.69) is 9.71 Å². The Morgan fingerprint density at radius 2 is 2.08 bits per heavy atom. The number of ether oxygens (including phenoxy) is 1. The second-order valence-electron chi connectivity index (χ2n) is 5.20. The van der Waals surface area contributed by atoms with Gasteiger partial charge in [-0.15, -0.1) is 0 Å². The molecule has 0 bridgehead atoms. The number of hydrogen-bond donors (Lipinski definition) is 2. The van der Waals surface area contributed by atoms with Crippen LogP contribution < -0.4 is 4.72 Å². The molecule has 3 aromatic rings. The number of hydrogen-bond acceptors (Lipinski definition) is 5. The highest BCUT2D eigenvalue weighted by Gasteiger charge is 2.21. The molecule has 1 aromatic carbocycles. The minimum atomic E-state index is -3.91. The molecule has 3 rings (SSSR count). The van der Waals surface area contributed by atoms with Crippen LogP contribution in [0.3, 0.4) is 0 Å². The van der Waals surface area contributed by atoms with Crippen molar-refractivity contribution in [2.24, 2.45) is 0 Å². The number of methoxy groups -OCH3 is 1. The van der Waals surface area contributed by atoms with Gasteiger partial charge in [0.25, 0.3) is 10.0 Å². The molecular formula is C16H15N3O5S. The van der Waals surface area contributed by atoms with Gasteiger partial charge in [0, 0.05) is 18.7 Å². The van der Waals surface area contributed by atoms with E-state index in [0.29, 0.717) is 10.9 Å². The van der Waals surface area contributed by atoms with Gasteiger partial charge in [0.15, 0.2) is 5.03 Å². The highest BCUT2D eigenvalue weighted by molar-refractivity contribution is 7.92. The van der Waals surface area contributed by atoms with Gasteiger partial charge in [0.05, 0.1) is 11.2 Å². The lowest BCUT2D eigenvalue weighted by molar-refractivity contribution is 0.0664. The Kier molecular flexibility index (Phi) is 4.43. The van der Waals surface area contributed by atoms with Crippen LogP contribution in [-0.2, 0) is 21.5 Å². The Morgan fingerprint density at radius 3 is 2.72 bits per heavy atom. The lowest BCUT2D eigenvalue weighted by Crippen LogP contribution is -2.16. The molecule has 0 fully saturated rings. The number of rotatable bonds is 6. The number of sulfonamides is 1. The molecule has 130 valence electrons. The van der Waals surface area contributed by atoms with Gasteiger partial charge in [-0.2, -0.15) is 8.42 Å². The summed E-state index contributed by atoms with van der Waals surface area (Å²) < 4.78 is 34.0. The first-order chi connectivity index (χ1) is 11.9. The summed E-state index contributed by atoms with van der Waals surface area (Å²) >= 11 is 0. The summed E-state index contributed by atoms with van der Waals surface area (Å²) in [4.78, 5) is 15.3. The third-order valence-electron chi connectivity index (χ3n) is 3.55. The molecule has 0 amide bonds. The van der Waals surface area contributed by atoms with E-state index < -0.39 is 16.0 Å². The van der Waals surface area contributed by atoms with Crippen molar-refractivity contribution in [3.8, 4) is 0 Å². The minimum Gasteiger partial charge on any atom is -0.477 e. The van der Waals surface area contributed by atoms with Crippen LogP contribution in [0.25, 0.3) is 10.9 Å². The molecule has 0 spiro atoms. The molecule has 0 unspecified atom stereocenters. The molecule has 25 heavy (non-hydrogen) atoms. The Bertz CT molecular complexity index is 1030. The Balaban J connectivity index is 2.15. The van der Waals surface area contributed by atoms with Gasteiger partial charge in [-0.05, 0) is 24.3 Å². The average Bonchev–Trinajstić information content (AvgIpc) is 2.96. The number of nitrogens with one attached hydrogen (secondary N) is 1. The summed E-state index contributed by atoms with van der Waals surface area (Å²) in [7, 11) is -2.48. The van der Waals surface area contributed by atoms with Crippen LogP contribution in [0.5, 0.6) is 0 Å². The van der Waals surface area contributed by atoms with Gasteiger partial charge in [-0.25, -0.2) is 9.78 Å². The molecule has 0 aliphatic heterocycles. The van der Waals surface area contributed by atoms with Gasteiger partial charge in [-0.1, -0.05) is 18.2 Å². The van der Waals surface area contributed by atoms with Crippen molar-refractivity contribution in [3.63, 3.8) is 0 Å². The van der Waals surface area contributed by atoms with Crippen LogP contribution in [0.2, 0.25) is 0 Å². The van der Waals surface area contributed by atoms with Gasteiger partial charge in [0.1, 0.15) is 12.4 Å².